The summed E-state index contributed by atoms with van der Waals surface area (Å²) in [5.74, 6) is -0.336. The number of carboxylic acids is 1. The van der Waals surface area contributed by atoms with Crippen LogP contribution in [0.1, 0.15) is 10.4 Å². The Morgan fingerprint density at radius 3 is 2.57 bits per heavy atom. The number of carboxylic acid groups (broad SMARTS) is 1. The lowest BCUT2D eigenvalue weighted by atomic mass is 10.2. The van der Waals surface area contributed by atoms with Crippen molar-refractivity contribution in [1.82, 2.24) is 14.8 Å². The van der Waals surface area contributed by atoms with E-state index in [9.17, 15) is 4.79 Å². The van der Waals surface area contributed by atoms with E-state index in [-0.39, 0.29) is 10.7 Å². The quantitative estimate of drug-likeness (QED) is 0.822. The SMILES string of the molecule is CN(C)CCN1CCN(c2cc(C(=O)O)cc(Cl)n2)CC1. The van der Waals surface area contributed by atoms with E-state index in [1.54, 1.807) is 6.07 Å². The second-order valence-corrected chi connectivity index (χ2v) is 5.86. The number of anilines is 1. The first-order valence-corrected chi connectivity index (χ1v) is 7.36. The maximum Gasteiger partial charge on any atom is 0.335 e. The van der Waals surface area contributed by atoms with Gasteiger partial charge in [0.25, 0.3) is 0 Å². The molecule has 2 rings (SSSR count). The van der Waals surface area contributed by atoms with Crippen molar-refractivity contribution in [3.8, 4) is 0 Å². The molecule has 21 heavy (non-hydrogen) atoms. The van der Waals surface area contributed by atoms with Gasteiger partial charge in [0.1, 0.15) is 11.0 Å². The lowest BCUT2D eigenvalue weighted by Crippen LogP contribution is -2.48. The smallest absolute Gasteiger partial charge is 0.335 e. The van der Waals surface area contributed by atoms with E-state index >= 15 is 0 Å². The Morgan fingerprint density at radius 1 is 1.33 bits per heavy atom. The number of pyridine rings is 1. The topological polar surface area (TPSA) is 59.9 Å². The van der Waals surface area contributed by atoms with Gasteiger partial charge in [-0.05, 0) is 26.2 Å². The summed E-state index contributed by atoms with van der Waals surface area (Å²) in [5, 5.41) is 9.30. The van der Waals surface area contributed by atoms with Crippen molar-refractivity contribution in [2.75, 3.05) is 58.3 Å². The summed E-state index contributed by atoms with van der Waals surface area (Å²) in [4.78, 5) is 22.0. The molecule has 0 bridgehead atoms. The summed E-state index contributed by atoms with van der Waals surface area (Å²) in [5.41, 5.74) is 0.181. The normalized spacial score (nSPS) is 16.5. The molecule has 1 aromatic heterocycles. The minimum absolute atomic E-state index is 0.181. The largest absolute Gasteiger partial charge is 0.478 e. The number of carbonyl (C=O) groups is 1. The van der Waals surface area contributed by atoms with E-state index in [0.717, 1.165) is 39.3 Å². The second kappa shape index (κ2) is 7.06. The number of hydrogen-bond donors (Lipinski definition) is 1. The number of hydrogen-bond acceptors (Lipinski definition) is 5. The highest BCUT2D eigenvalue weighted by Crippen LogP contribution is 2.19. The molecule has 1 fully saturated rings. The molecule has 0 atom stereocenters. The van der Waals surface area contributed by atoms with E-state index in [1.165, 1.54) is 6.07 Å². The molecule has 0 radical (unpaired) electrons. The van der Waals surface area contributed by atoms with E-state index in [4.69, 9.17) is 16.7 Å². The first-order chi connectivity index (χ1) is 9.95. The van der Waals surface area contributed by atoms with Crippen LogP contribution in [0.5, 0.6) is 0 Å². The predicted octanol–water partition coefficient (Wildman–Crippen LogP) is 1.12. The van der Waals surface area contributed by atoms with Crippen molar-refractivity contribution in [1.29, 1.82) is 0 Å². The van der Waals surface area contributed by atoms with Gasteiger partial charge in [-0.15, -0.1) is 0 Å². The number of nitrogens with zero attached hydrogens (tertiary/aromatic N) is 4. The molecule has 0 aliphatic carbocycles. The van der Waals surface area contributed by atoms with Gasteiger partial charge < -0.3 is 14.9 Å². The predicted molar refractivity (Wildman–Crippen MR) is 83.4 cm³/mol. The summed E-state index contributed by atoms with van der Waals surface area (Å²) in [6, 6.07) is 2.96. The van der Waals surface area contributed by atoms with Crippen molar-refractivity contribution in [3.63, 3.8) is 0 Å². The third-order valence-electron chi connectivity index (χ3n) is 3.59. The number of halogens is 1. The van der Waals surface area contributed by atoms with Crippen LogP contribution in [-0.2, 0) is 0 Å². The van der Waals surface area contributed by atoms with E-state index in [1.807, 2.05) is 0 Å². The monoisotopic (exact) mass is 312 g/mol. The van der Waals surface area contributed by atoms with Gasteiger partial charge in [0.15, 0.2) is 0 Å². The molecule has 6 nitrogen and oxygen atoms in total. The highest BCUT2D eigenvalue weighted by atomic mass is 35.5. The van der Waals surface area contributed by atoms with Gasteiger partial charge in [-0.3, -0.25) is 4.90 Å². The molecule has 7 heteroatoms. The molecule has 2 heterocycles. The van der Waals surface area contributed by atoms with Crippen LogP contribution in [-0.4, -0.2) is 79.2 Å². The third kappa shape index (κ3) is 4.56. The molecule has 0 aromatic carbocycles. The minimum Gasteiger partial charge on any atom is -0.478 e. The maximum atomic E-state index is 11.1. The van der Waals surface area contributed by atoms with Crippen LogP contribution in [0.25, 0.3) is 0 Å². The molecule has 1 saturated heterocycles. The zero-order valence-corrected chi connectivity index (χ0v) is 13.2. The molecule has 0 spiro atoms. The number of likely N-dealkylation sites (N-methyl/N-ethyl adjacent to an activating group) is 1. The van der Waals surface area contributed by atoms with Gasteiger partial charge in [-0.1, -0.05) is 11.6 Å². The fraction of sp³-hybridized carbons (Fsp3) is 0.571. The highest BCUT2D eigenvalue weighted by Gasteiger charge is 2.19. The van der Waals surface area contributed by atoms with E-state index < -0.39 is 5.97 Å². The summed E-state index contributed by atoms with van der Waals surface area (Å²) in [6.45, 7) is 5.65. The number of aromatic carboxylic acids is 1. The van der Waals surface area contributed by atoms with E-state index in [2.05, 4.69) is 33.8 Å². The van der Waals surface area contributed by atoms with Crippen LogP contribution in [0, 0.1) is 0 Å². The van der Waals surface area contributed by atoms with Gasteiger partial charge in [0.2, 0.25) is 0 Å². The Labute approximate surface area is 129 Å². The summed E-state index contributed by atoms with van der Waals surface area (Å²) < 4.78 is 0. The van der Waals surface area contributed by atoms with Crippen LogP contribution in [0.15, 0.2) is 12.1 Å². The highest BCUT2D eigenvalue weighted by molar-refractivity contribution is 6.29. The second-order valence-electron chi connectivity index (χ2n) is 5.47. The van der Waals surface area contributed by atoms with E-state index in [0.29, 0.717) is 5.82 Å². The molecule has 1 aliphatic rings. The van der Waals surface area contributed by atoms with Gasteiger partial charge in [0, 0.05) is 39.3 Å². The standard InChI is InChI=1S/C14H21ClN4O2/c1-17(2)3-4-18-5-7-19(8-6-18)13-10-11(14(20)21)9-12(15)16-13/h9-10H,3-8H2,1-2H3,(H,20,21). The van der Waals surface area contributed by atoms with Crippen LogP contribution >= 0.6 is 11.6 Å². The van der Waals surface area contributed by atoms with Crippen LogP contribution in [0.4, 0.5) is 5.82 Å². The summed E-state index contributed by atoms with van der Waals surface area (Å²) >= 11 is 5.91. The fourth-order valence-corrected chi connectivity index (χ4v) is 2.51. The Morgan fingerprint density at radius 2 is 2.00 bits per heavy atom. The molecule has 0 amide bonds. The molecule has 1 N–H and O–H groups in total. The van der Waals surface area contributed by atoms with Crippen molar-refractivity contribution in [2.45, 2.75) is 0 Å². The Bertz CT molecular complexity index is 502. The van der Waals surface area contributed by atoms with Gasteiger partial charge >= 0.3 is 5.97 Å². The summed E-state index contributed by atoms with van der Waals surface area (Å²) in [6.07, 6.45) is 0. The number of aromatic nitrogens is 1. The molecular weight excluding hydrogens is 292 g/mol. The summed E-state index contributed by atoms with van der Waals surface area (Å²) in [7, 11) is 4.14. The zero-order valence-electron chi connectivity index (χ0n) is 12.4. The molecule has 0 saturated carbocycles. The van der Waals surface area contributed by atoms with Crippen molar-refractivity contribution < 1.29 is 9.90 Å². The first kappa shape index (κ1) is 16.0. The molecule has 1 aliphatic heterocycles. The van der Waals surface area contributed by atoms with Crippen molar-refractivity contribution in [3.05, 3.63) is 22.8 Å². The number of piperazine rings is 1. The van der Waals surface area contributed by atoms with Gasteiger partial charge in [-0.25, -0.2) is 9.78 Å². The average molecular weight is 313 g/mol. The lowest BCUT2D eigenvalue weighted by Gasteiger charge is -2.36. The lowest BCUT2D eigenvalue weighted by molar-refractivity contribution is 0.0696. The van der Waals surface area contributed by atoms with Crippen molar-refractivity contribution >= 4 is 23.4 Å². The van der Waals surface area contributed by atoms with Crippen LogP contribution in [0.3, 0.4) is 0 Å². The maximum absolute atomic E-state index is 11.1. The third-order valence-corrected chi connectivity index (χ3v) is 3.78. The van der Waals surface area contributed by atoms with Gasteiger partial charge in [-0.2, -0.15) is 0 Å². The van der Waals surface area contributed by atoms with Crippen LogP contribution in [0.2, 0.25) is 5.15 Å². The minimum atomic E-state index is -0.981. The number of rotatable bonds is 5. The molecule has 0 unspecified atom stereocenters. The molecule has 116 valence electrons. The Hall–Kier alpha value is -1.37. The average Bonchev–Trinajstić information content (AvgIpc) is 2.45. The van der Waals surface area contributed by atoms with Crippen LogP contribution < -0.4 is 4.90 Å². The first-order valence-electron chi connectivity index (χ1n) is 6.98. The van der Waals surface area contributed by atoms with Crippen molar-refractivity contribution in [2.24, 2.45) is 0 Å². The fourth-order valence-electron chi connectivity index (χ4n) is 2.31. The molecule has 1 aromatic rings. The zero-order chi connectivity index (χ0) is 15.4. The Kier molecular flexibility index (Phi) is 5.39. The van der Waals surface area contributed by atoms with Gasteiger partial charge in [0.05, 0.1) is 5.56 Å². The molecular formula is C14H21ClN4O2. The Balaban J connectivity index is 1.97.